The van der Waals surface area contributed by atoms with Crippen molar-refractivity contribution in [1.82, 2.24) is 0 Å². The molecule has 0 fully saturated rings. The molecule has 0 N–H and O–H groups in total. The van der Waals surface area contributed by atoms with E-state index >= 15 is 0 Å². The summed E-state index contributed by atoms with van der Waals surface area (Å²) in [5, 5.41) is 0. The molecule has 152 valence electrons. The third kappa shape index (κ3) is 5.82. The molecule has 0 heterocycles. The molecule has 0 aliphatic heterocycles. The van der Waals surface area contributed by atoms with Crippen molar-refractivity contribution in [2.75, 3.05) is 0 Å². The SMILES string of the molecule is Cc1ccc(C(C)CC(CC(c2ccccc2)C(C)(C)C)c2ccccc2)cc1. The molecule has 0 saturated carbocycles. The van der Waals surface area contributed by atoms with Crippen molar-refractivity contribution in [2.45, 2.75) is 65.2 Å². The van der Waals surface area contributed by atoms with Crippen molar-refractivity contribution in [3.05, 3.63) is 107 Å². The van der Waals surface area contributed by atoms with Crippen LogP contribution in [0.4, 0.5) is 0 Å². The molecule has 0 radical (unpaired) electrons. The van der Waals surface area contributed by atoms with Crippen LogP contribution in [0, 0.1) is 12.3 Å². The van der Waals surface area contributed by atoms with Crippen LogP contribution in [0.3, 0.4) is 0 Å². The highest BCUT2D eigenvalue weighted by Gasteiger charge is 2.30. The zero-order valence-electron chi connectivity index (χ0n) is 18.7. The van der Waals surface area contributed by atoms with E-state index in [4.69, 9.17) is 0 Å². The van der Waals surface area contributed by atoms with Gasteiger partial charge >= 0.3 is 0 Å². The third-order valence-corrected chi connectivity index (χ3v) is 6.32. The lowest BCUT2D eigenvalue weighted by molar-refractivity contribution is 0.282. The Morgan fingerprint density at radius 3 is 1.66 bits per heavy atom. The van der Waals surface area contributed by atoms with Crippen molar-refractivity contribution in [2.24, 2.45) is 5.41 Å². The van der Waals surface area contributed by atoms with Crippen LogP contribution in [0.5, 0.6) is 0 Å². The third-order valence-electron chi connectivity index (χ3n) is 6.32. The van der Waals surface area contributed by atoms with Crippen molar-refractivity contribution in [3.63, 3.8) is 0 Å². The first-order valence-corrected chi connectivity index (χ1v) is 11.0. The van der Waals surface area contributed by atoms with Gasteiger partial charge < -0.3 is 0 Å². The molecule has 0 nitrogen and oxygen atoms in total. The highest BCUT2D eigenvalue weighted by Crippen LogP contribution is 2.44. The quantitative estimate of drug-likeness (QED) is 0.383. The molecule has 0 aromatic heterocycles. The maximum Gasteiger partial charge on any atom is -0.0107 e. The number of rotatable bonds is 7. The van der Waals surface area contributed by atoms with Gasteiger partial charge in [0.2, 0.25) is 0 Å². The standard InChI is InChI=1S/C29H36/c1-22-16-18-24(19-17-22)23(2)20-27(25-12-8-6-9-13-25)21-28(29(3,4)5)26-14-10-7-11-15-26/h6-19,23,27-28H,20-21H2,1-5H3. The van der Waals surface area contributed by atoms with Crippen molar-refractivity contribution < 1.29 is 0 Å². The summed E-state index contributed by atoms with van der Waals surface area (Å²) in [6.07, 6.45) is 2.35. The predicted molar refractivity (Wildman–Crippen MR) is 127 cm³/mol. The van der Waals surface area contributed by atoms with E-state index in [1.165, 1.54) is 35.1 Å². The molecule has 0 bridgehead atoms. The summed E-state index contributed by atoms with van der Waals surface area (Å²) in [5.74, 6) is 1.60. The van der Waals surface area contributed by atoms with Gasteiger partial charge in [-0.1, -0.05) is 118 Å². The van der Waals surface area contributed by atoms with Crippen LogP contribution < -0.4 is 0 Å². The van der Waals surface area contributed by atoms with E-state index in [-0.39, 0.29) is 5.41 Å². The zero-order valence-corrected chi connectivity index (χ0v) is 18.7. The normalized spacial score (nSPS) is 14.9. The van der Waals surface area contributed by atoms with E-state index in [1.54, 1.807) is 0 Å². The topological polar surface area (TPSA) is 0 Å². The molecule has 3 aromatic rings. The molecule has 0 amide bonds. The molecule has 0 heteroatoms. The van der Waals surface area contributed by atoms with Crippen LogP contribution in [0.1, 0.15) is 80.5 Å². The first-order valence-electron chi connectivity index (χ1n) is 11.0. The van der Waals surface area contributed by atoms with Gasteiger partial charge in [0.1, 0.15) is 0 Å². The number of hydrogen-bond acceptors (Lipinski definition) is 0. The summed E-state index contributed by atoms with van der Waals surface area (Å²) in [4.78, 5) is 0. The Balaban J connectivity index is 1.89. The van der Waals surface area contributed by atoms with Gasteiger partial charge in [0, 0.05) is 0 Å². The van der Waals surface area contributed by atoms with Gasteiger partial charge in [-0.3, -0.25) is 0 Å². The molecule has 3 rings (SSSR count). The summed E-state index contributed by atoms with van der Waals surface area (Å²) in [6, 6.07) is 31.3. The zero-order chi connectivity index (χ0) is 20.9. The van der Waals surface area contributed by atoms with Crippen LogP contribution in [-0.4, -0.2) is 0 Å². The Hall–Kier alpha value is -2.34. The van der Waals surface area contributed by atoms with Crippen molar-refractivity contribution >= 4 is 0 Å². The molecular formula is C29H36. The maximum absolute atomic E-state index is 2.39. The first-order chi connectivity index (χ1) is 13.8. The fourth-order valence-corrected chi connectivity index (χ4v) is 4.51. The summed E-state index contributed by atoms with van der Waals surface area (Å²) < 4.78 is 0. The Labute approximate surface area is 178 Å². The second-order valence-electron chi connectivity index (χ2n) is 9.72. The van der Waals surface area contributed by atoms with Crippen molar-refractivity contribution in [1.29, 1.82) is 0 Å². The van der Waals surface area contributed by atoms with Crippen LogP contribution >= 0.6 is 0 Å². The molecule has 3 aromatic carbocycles. The Kier molecular flexibility index (Phi) is 6.96. The number of benzene rings is 3. The minimum absolute atomic E-state index is 0.224. The number of aryl methyl sites for hydroxylation is 1. The predicted octanol–water partition coefficient (Wildman–Crippen LogP) is 8.49. The molecule has 0 saturated heterocycles. The van der Waals surface area contributed by atoms with Gasteiger partial charge in [0.25, 0.3) is 0 Å². The average Bonchev–Trinajstić information content (AvgIpc) is 2.71. The van der Waals surface area contributed by atoms with Crippen LogP contribution in [0.15, 0.2) is 84.9 Å². The lowest BCUT2D eigenvalue weighted by atomic mass is 9.69. The Morgan fingerprint density at radius 1 is 0.621 bits per heavy atom. The van der Waals surface area contributed by atoms with Crippen LogP contribution in [0.2, 0.25) is 0 Å². The van der Waals surface area contributed by atoms with Gasteiger partial charge in [-0.05, 0) is 59.6 Å². The fourth-order valence-electron chi connectivity index (χ4n) is 4.51. The van der Waals surface area contributed by atoms with Gasteiger partial charge in [0.15, 0.2) is 0 Å². The smallest absolute Gasteiger partial charge is 0.0107 e. The summed E-state index contributed by atoms with van der Waals surface area (Å²) in [5.41, 5.74) is 5.93. The summed E-state index contributed by atoms with van der Waals surface area (Å²) >= 11 is 0. The van der Waals surface area contributed by atoms with Crippen LogP contribution in [0.25, 0.3) is 0 Å². The molecule has 0 spiro atoms. The van der Waals surface area contributed by atoms with Gasteiger partial charge in [-0.15, -0.1) is 0 Å². The molecular weight excluding hydrogens is 348 g/mol. The molecule has 3 atom stereocenters. The minimum atomic E-state index is 0.224. The second-order valence-corrected chi connectivity index (χ2v) is 9.72. The summed E-state index contributed by atoms with van der Waals surface area (Å²) in [7, 11) is 0. The minimum Gasteiger partial charge on any atom is -0.0622 e. The molecule has 0 aliphatic rings. The highest BCUT2D eigenvalue weighted by molar-refractivity contribution is 5.28. The van der Waals surface area contributed by atoms with Gasteiger partial charge in [-0.2, -0.15) is 0 Å². The summed E-state index contributed by atoms with van der Waals surface area (Å²) in [6.45, 7) is 11.7. The van der Waals surface area contributed by atoms with Crippen molar-refractivity contribution in [3.8, 4) is 0 Å². The van der Waals surface area contributed by atoms with E-state index in [0.717, 1.165) is 0 Å². The van der Waals surface area contributed by atoms with Crippen LogP contribution in [-0.2, 0) is 0 Å². The van der Waals surface area contributed by atoms with E-state index in [0.29, 0.717) is 17.8 Å². The second kappa shape index (κ2) is 9.44. The van der Waals surface area contributed by atoms with E-state index < -0.39 is 0 Å². The first kappa shape index (κ1) is 21.4. The van der Waals surface area contributed by atoms with E-state index in [2.05, 4.69) is 120 Å². The Bertz CT molecular complexity index is 853. The average molecular weight is 385 g/mol. The fraction of sp³-hybridized carbons (Fsp3) is 0.379. The van der Waals surface area contributed by atoms with Gasteiger partial charge in [-0.25, -0.2) is 0 Å². The van der Waals surface area contributed by atoms with Gasteiger partial charge in [0.05, 0.1) is 0 Å². The van der Waals surface area contributed by atoms with E-state index in [1.807, 2.05) is 0 Å². The monoisotopic (exact) mass is 384 g/mol. The van der Waals surface area contributed by atoms with E-state index in [9.17, 15) is 0 Å². The molecule has 29 heavy (non-hydrogen) atoms. The molecule has 3 unspecified atom stereocenters. The lowest BCUT2D eigenvalue weighted by Gasteiger charge is -2.35. The Morgan fingerprint density at radius 2 is 1.14 bits per heavy atom. The number of hydrogen-bond donors (Lipinski definition) is 0. The maximum atomic E-state index is 2.39. The highest BCUT2D eigenvalue weighted by atomic mass is 14.3. The largest absolute Gasteiger partial charge is 0.0622 e. The molecule has 0 aliphatic carbocycles. The lowest BCUT2D eigenvalue weighted by Crippen LogP contribution is -2.21.